The first-order valence-corrected chi connectivity index (χ1v) is 5.88. The molecular weight excluding hydrogens is 234 g/mol. The molecular formula is C13H15NO4. The van der Waals surface area contributed by atoms with Crippen LogP contribution in [0.1, 0.15) is 28.8 Å². The number of hydrogen-bond acceptors (Lipinski definition) is 3. The number of carboxylic acids is 1. The zero-order chi connectivity index (χ0) is 13.0. The lowest BCUT2D eigenvalue weighted by molar-refractivity contribution is -0.130. The maximum absolute atomic E-state index is 11.7. The van der Waals surface area contributed by atoms with Crippen LogP contribution in [-0.2, 0) is 16.1 Å². The number of carbonyl (C=O) groups excluding carboxylic acids is 1. The molecule has 0 radical (unpaired) electrons. The second-order valence-electron chi connectivity index (χ2n) is 4.22. The van der Waals surface area contributed by atoms with Gasteiger partial charge in [0.1, 0.15) is 6.10 Å². The van der Waals surface area contributed by atoms with Crippen molar-refractivity contribution in [1.29, 1.82) is 0 Å². The molecule has 1 aromatic carbocycles. The largest absolute Gasteiger partial charge is 0.478 e. The van der Waals surface area contributed by atoms with Crippen LogP contribution >= 0.6 is 0 Å². The predicted molar refractivity (Wildman–Crippen MR) is 64.2 cm³/mol. The zero-order valence-corrected chi connectivity index (χ0v) is 9.89. The van der Waals surface area contributed by atoms with Gasteiger partial charge in [-0.2, -0.15) is 0 Å². The number of hydrogen-bond donors (Lipinski definition) is 2. The Bertz CT molecular complexity index is 452. The van der Waals surface area contributed by atoms with Crippen LogP contribution in [0, 0.1) is 0 Å². The molecule has 1 fully saturated rings. The normalized spacial score (nSPS) is 18.6. The summed E-state index contributed by atoms with van der Waals surface area (Å²) in [5.74, 6) is -1.10. The van der Waals surface area contributed by atoms with Crippen LogP contribution in [0.15, 0.2) is 24.3 Å². The zero-order valence-electron chi connectivity index (χ0n) is 9.89. The lowest BCUT2D eigenvalue weighted by atomic mass is 10.1. The van der Waals surface area contributed by atoms with E-state index in [4.69, 9.17) is 9.84 Å². The number of carboxylic acid groups (broad SMARTS) is 1. The van der Waals surface area contributed by atoms with E-state index in [9.17, 15) is 9.59 Å². The van der Waals surface area contributed by atoms with Crippen molar-refractivity contribution in [2.45, 2.75) is 25.5 Å². The number of carbonyl (C=O) groups is 2. The average molecular weight is 249 g/mol. The van der Waals surface area contributed by atoms with E-state index in [1.165, 1.54) is 6.07 Å². The molecule has 2 rings (SSSR count). The van der Waals surface area contributed by atoms with Crippen molar-refractivity contribution in [3.05, 3.63) is 35.4 Å². The number of benzene rings is 1. The summed E-state index contributed by atoms with van der Waals surface area (Å²) in [7, 11) is 0. The van der Waals surface area contributed by atoms with Crippen LogP contribution in [0.5, 0.6) is 0 Å². The second kappa shape index (κ2) is 5.64. The highest BCUT2D eigenvalue weighted by Gasteiger charge is 2.22. The molecule has 1 heterocycles. The van der Waals surface area contributed by atoms with Gasteiger partial charge in [0.15, 0.2) is 0 Å². The van der Waals surface area contributed by atoms with E-state index < -0.39 is 5.97 Å². The third-order valence-corrected chi connectivity index (χ3v) is 2.86. The van der Waals surface area contributed by atoms with E-state index in [0.29, 0.717) is 13.2 Å². The van der Waals surface area contributed by atoms with Crippen LogP contribution in [0.3, 0.4) is 0 Å². The van der Waals surface area contributed by atoms with E-state index in [0.717, 1.165) is 18.4 Å². The molecule has 0 saturated carbocycles. The summed E-state index contributed by atoms with van der Waals surface area (Å²) in [5.41, 5.74) is 0.986. The molecule has 18 heavy (non-hydrogen) atoms. The third kappa shape index (κ3) is 3.07. The molecule has 5 nitrogen and oxygen atoms in total. The van der Waals surface area contributed by atoms with E-state index in [2.05, 4.69) is 5.32 Å². The monoisotopic (exact) mass is 249 g/mol. The molecule has 96 valence electrons. The van der Waals surface area contributed by atoms with Crippen molar-refractivity contribution in [1.82, 2.24) is 5.32 Å². The molecule has 1 atom stereocenters. The number of rotatable bonds is 4. The molecule has 1 amide bonds. The maximum atomic E-state index is 11.7. The van der Waals surface area contributed by atoms with Gasteiger partial charge >= 0.3 is 5.97 Å². The van der Waals surface area contributed by atoms with Crippen LogP contribution in [0.25, 0.3) is 0 Å². The Balaban J connectivity index is 1.91. The summed E-state index contributed by atoms with van der Waals surface area (Å²) in [5, 5.41) is 11.6. The molecule has 5 heteroatoms. The fourth-order valence-electron chi connectivity index (χ4n) is 1.90. The van der Waals surface area contributed by atoms with Gasteiger partial charge in [-0.15, -0.1) is 0 Å². The van der Waals surface area contributed by atoms with Crippen molar-refractivity contribution < 1.29 is 19.4 Å². The Morgan fingerprint density at radius 2 is 2.28 bits per heavy atom. The maximum Gasteiger partial charge on any atom is 0.335 e. The summed E-state index contributed by atoms with van der Waals surface area (Å²) in [6.45, 7) is 0.951. The minimum atomic E-state index is -0.970. The Labute approximate surface area is 105 Å². The topological polar surface area (TPSA) is 75.6 Å². The van der Waals surface area contributed by atoms with Crippen molar-refractivity contribution in [2.24, 2.45) is 0 Å². The molecule has 1 saturated heterocycles. The average Bonchev–Trinajstić information content (AvgIpc) is 2.90. The quantitative estimate of drug-likeness (QED) is 0.840. The highest BCUT2D eigenvalue weighted by molar-refractivity contribution is 5.87. The Hall–Kier alpha value is -1.88. The van der Waals surface area contributed by atoms with E-state index in [-0.39, 0.29) is 17.6 Å². The van der Waals surface area contributed by atoms with Gasteiger partial charge in [-0.25, -0.2) is 4.79 Å². The highest BCUT2D eigenvalue weighted by atomic mass is 16.5. The fraction of sp³-hybridized carbons (Fsp3) is 0.385. The summed E-state index contributed by atoms with van der Waals surface area (Å²) in [6, 6.07) is 6.52. The number of aromatic carboxylic acids is 1. The fourth-order valence-corrected chi connectivity index (χ4v) is 1.90. The predicted octanol–water partition coefficient (Wildman–Crippen LogP) is 1.18. The van der Waals surface area contributed by atoms with Gasteiger partial charge in [-0.3, -0.25) is 4.79 Å². The summed E-state index contributed by atoms with van der Waals surface area (Å²) < 4.78 is 5.26. The van der Waals surface area contributed by atoms with E-state index in [1.807, 2.05) is 0 Å². The van der Waals surface area contributed by atoms with Crippen LogP contribution in [0.4, 0.5) is 0 Å². The Morgan fingerprint density at radius 1 is 1.44 bits per heavy atom. The lowest BCUT2D eigenvalue weighted by Gasteiger charge is -2.10. The summed E-state index contributed by atoms with van der Waals surface area (Å²) in [6.07, 6.45) is 1.31. The molecule has 1 aliphatic heterocycles. The van der Waals surface area contributed by atoms with E-state index >= 15 is 0 Å². The third-order valence-electron chi connectivity index (χ3n) is 2.86. The van der Waals surface area contributed by atoms with Gasteiger partial charge in [0.05, 0.1) is 5.56 Å². The van der Waals surface area contributed by atoms with Gasteiger partial charge in [-0.1, -0.05) is 12.1 Å². The number of ether oxygens (including phenoxy) is 1. The number of amides is 1. The standard InChI is InChI=1S/C13H15NO4/c15-12(11-5-2-6-18-11)14-8-9-3-1-4-10(7-9)13(16)17/h1,3-4,7,11H,2,5-6,8H2,(H,14,15)(H,16,17)/t11-/m1/s1. The smallest absolute Gasteiger partial charge is 0.335 e. The van der Waals surface area contributed by atoms with Crippen LogP contribution in [0.2, 0.25) is 0 Å². The second-order valence-corrected chi connectivity index (χ2v) is 4.22. The van der Waals surface area contributed by atoms with Gasteiger partial charge < -0.3 is 15.2 Å². The molecule has 0 aliphatic carbocycles. The molecule has 1 aromatic rings. The van der Waals surface area contributed by atoms with Gasteiger partial charge in [0.2, 0.25) is 5.91 Å². The minimum Gasteiger partial charge on any atom is -0.478 e. The molecule has 1 aliphatic rings. The first kappa shape index (κ1) is 12.6. The van der Waals surface area contributed by atoms with Crippen molar-refractivity contribution >= 4 is 11.9 Å². The van der Waals surface area contributed by atoms with Gasteiger partial charge in [0, 0.05) is 13.2 Å². The summed E-state index contributed by atoms with van der Waals surface area (Å²) >= 11 is 0. The molecule has 0 bridgehead atoms. The van der Waals surface area contributed by atoms with Crippen molar-refractivity contribution in [2.75, 3.05) is 6.61 Å². The van der Waals surface area contributed by atoms with Crippen LogP contribution < -0.4 is 5.32 Å². The Kier molecular flexibility index (Phi) is 3.94. The lowest BCUT2D eigenvalue weighted by Crippen LogP contribution is -2.33. The highest BCUT2D eigenvalue weighted by Crippen LogP contribution is 2.12. The molecule has 2 N–H and O–H groups in total. The van der Waals surface area contributed by atoms with E-state index in [1.54, 1.807) is 18.2 Å². The van der Waals surface area contributed by atoms with Crippen molar-refractivity contribution in [3.8, 4) is 0 Å². The SMILES string of the molecule is O=C(O)c1cccc(CNC(=O)[C@H]2CCCO2)c1. The Morgan fingerprint density at radius 3 is 2.94 bits per heavy atom. The van der Waals surface area contributed by atoms with Crippen molar-refractivity contribution in [3.63, 3.8) is 0 Å². The molecule has 0 aromatic heterocycles. The van der Waals surface area contributed by atoms with Crippen LogP contribution in [-0.4, -0.2) is 29.7 Å². The molecule has 0 spiro atoms. The van der Waals surface area contributed by atoms with Gasteiger partial charge in [-0.05, 0) is 30.5 Å². The molecule has 0 unspecified atom stereocenters. The number of nitrogens with one attached hydrogen (secondary N) is 1. The first-order chi connectivity index (χ1) is 8.66. The summed E-state index contributed by atoms with van der Waals surface area (Å²) in [4.78, 5) is 22.5. The van der Waals surface area contributed by atoms with Gasteiger partial charge in [0.25, 0.3) is 0 Å². The first-order valence-electron chi connectivity index (χ1n) is 5.88. The minimum absolute atomic E-state index is 0.131.